The van der Waals surface area contributed by atoms with E-state index in [0.717, 1.165) is 77.0 Å². The number of hydrogen-bond donors (Lipinski definition) is 3. The molecule has 0 spiro atoms. The quantitative estimate of drug-likeness (QED) is 0.0679. The molecule has 2 amide bonds. The summed E-state index contributed by atoms with van der Waals surface area (Å²) in [5, 5.41) is 8.90. The molecule has 12 aromatic rings. The van der Waals surface area contributed by atoms with Crippen LogP contribution in [0.1, 0.15) is 22.9 Å². The number of sulfonamides is 3. The fourth-order valence-electron chi connectivity index (χ4n) is 12.2. The maximum absolute atomic E-state index is 13.9. The van der Waals surface area contributed by atoms with Crippen LogP contribution in [0, 0.1) is 5.82 Å². The lowest BCUT2D eigenvalue weighted by Gasteiger charge is -2.37. The fourth-order valence-corrected chi connectivity index (χ4v) is 17.6. The molecule has 0 radical (unpaired) electrons. The van der Waals surface area contributed by atoms with E-state index in [1.54, 1.807) is 111 Å². The number of fused-ring (bicyclic) bond motifs is 2. The van der Waals surface area contributed by atoms with Gasteiger partial charge in [-0.05, 0) is 122 Å². The van der Waals surface area contributed by atoms with Crippen molar-refractivity contribution in [3.8, 4) is 10.6 Å². The Kier molecular flexibility index (Phi) is 21.6. The standard InChI is InChI=1S/C24H24N6O2S2.C24H25N5O3S2.C23H22FN5O3S2.3H2/c31-34(32,28-23-10-11-25-18-26-23)22-8-6-21(7-9-22)30-14-12-29(13-15-30)16-20-17-33-24(27-20)19-4-2-1-3-5-19;1-18(29-12-10-19-4-2-3-5-22(19)29)23(30)28-15-13-27(14-16-28)20-6-8-21(9-7-20)34(31,32)26-24-25-11-17-33-24;24-20-2-1-3-21-19(20)8-10-29(21)16-22(30)28-13-11-27(12-14-28)17-4-6-18(7-5-17)34(31,32)26-23-25-9-15-33-23;;;/h1-11,17-18H,12-16H2,(H,25,26,28);2-12,17-18H,13-16H2,1H3,(H,25,26);1-10,15H,11-14,16H2,(H,25,26);3*1H/t;18-;;;;/m.0..../s1. The van der Waals surface area contributed by atoms with Crippen LogP contribution in [-0.2, 0) is 52.7 Å². The number of benzene rings is 6. The molecule has 6 aromatic carbocycles. The smallest absolute Gasteiger partial charge is 0.263 e. The Balaban J connectivity index is 0.000000166. The van der Waals surface area contributed by atoms with Crippen molar-refractivity contribution in [2.45, 2.75) is 40.7 Å². The van der Waals surface area contributed by atoms with Crippen molar-refractivity contribution in [3.05, 3.63) is 229 Å². The van der Waals surface area contributed by atoms with Crippen LogP contribution >= 0.6 is 34.0 Å². The van der Waals surface area contributed by atoms with Crippen molar-refractivity contribution >= 4 is 131 Å². The van der Waals surface area contributed by atoms with Crippen molar-refractivity contribution < 1.29 is 43.5 Å². The molecule has 0 saturated carbocycles. The van der Waals surface area contributed by atoms with E-state index in [1.165, 1.54) is 53.5 Å². The molecule has 0 aliphatic carbocycles. The first-order valence-electron chi connectivity index (χ1n) is 32.7. The Morgan fingerprint density at radius 3 is 1.61 bits per heavy atom. The monoisotopic (exact) mass is 1490 g/mol. The van der Waals surface area contributed by atoms with Crippen molar-refractivity contribution in [2.75, 3.05) is 107 Å². The summed E-state index contributed by atoms with van der Waals surface area (Å²) in [6.45, 7) is 11.5. The first kappa shape index (κ1) is 70.3. The van der Waals surface area contributed by atoms with E-state index in [1.807, 2.05) is 95.4 Å². The zero-order valence-electron chi connectivity index (χ0n) is 55.2. The highest BCUT2D eigenvalue weighted by atomic mass is 32.2. The predicted octanol–water partition coefficient (Wildman–Crippen LogP) is 11.7. The van der Waals surface area contributed by atoms with E-state index in [2.05, 4.69) is 71.2 Å². The first-order chi connectivity index (χ1) is 49.4. The van der Waals surface area contributed by atoms with Crippen molar-refractivity contribution in [3.63, 3.8) is 0 Å². The Labute approximate surface area is 606 Å². The Hall–Kier alpha value is -10.2. The van der Waals surface area contributed by atoms with Gasteiger partial charge in [-0.3, -0.25) is 28.7 Å². The average molecular weight is 1490 g/mol. The van der Waals surface area contributed by atoms with Gasteiger partial charge in [-0.1, -0.05) is 54.6 Å². The number of halogens is 1. The van der Waals surface area contributed by atoms with Gasteiger partial charge in [0.1, 0.15) is 35.6 Å². The number of nitrogens with one attached hydrogen (secondary N) is 3. The molecule has 0 unspecified atom stereocenters. The Morgan fingerprint density at radius 2 is 1.06 bits per heavy atom. The molecule has 3 N–H and O–H groups in total. The number of nitrogens with zero attached hydrogens (tertiary/aromatic N) is 13. The normalized spacial score (nSPS) is 14.9. The van der Waals surface area contributed by atoms with E-state index in [0.29, 0.717) is 73.5 Å². The number of carbonyl (C=O) groups excluding carboxylic acids is 2. The largest absolute Gasteiger partial charge is 0.369 e. The van der Waals surface area contributed by atoms with Gasteiger partial charge in [-0.15, -0.1) is 34.0 Å². The number of amides is 2. The van der Waals surface area contributed by atoms with Crippen molar-refractivity contribution in [2.24, 2.45) is 0 Å². The Morgan fingerprint density at radius 1 is 0.529 bits per heavy atom. The molecule has 9 heterocycles. The first-order valence-corrected chi connectivity index (χ1v) is 39.7. The van der Waals surface area contributed by atoms with Gasteiger partial charge in [0.15, 0.2) is 10.3 Å². The third-order valence-corrected chi connectivity index (χ3v) is 24.3. The van der Waals surface area contributed by atoms with Gasteiger partial charge in [0.25, 0.3) is 30.1 Å². The van der Waals surface area contributed by atoms with E-state index < -0.39 is 30.1 Å². The van der Waals surface area contributed by atoms with E-state index in [4.69, 9.17) is 4.98 Å². The number of piperazine rings is 3. The molecule has 0 bridgehead atoms. The molecule has 6 aromatic heterocycles. The van der Waals surface area contributed by atoms with Crippen molar-refractivity contribution in [1.82, 2.24) is 48.8 Å². The van der Waals surface area contributed by atoms with E-state index in [9.17, 15) is 39.2 Å². The zero-order valence-corrected chi connectivity index (χ0v) is 60.1. The topological polar surface area (TPSA) is 266 Å². The molecule has 24 nitrogen and oxygen atoms in total. The second-order valence-electron chi connectivity index (χ2n) is 24.1. The molecule has 3 aliphatic rings. The molecular formula is C71H77FN16O8S6. The highest BCUT2D eigenvalue weighted by Crippen LogP contribution is 2.30. The van der Waals surface area contributed by atoms with Gasteiger partial charge < -0.3 is 33.6 Å². The van der Waals surface area contributed by atoms with Crippen LogP contribution < -0.4 is 28.9 Å². The van der Waals surface area contributed by atoms with E-state index >= 15 is 0 Å². The third-order valence-electron chi connectivity index (χ3n) is 17.7. The lowest BCUT2D eigenvalue weighted by molar-refractivity contribution is -0.134. The third kappa shape index (κ3) is 16.9. The molecule has 532 valence electrons. The molecule has 3 fully saturated rings. The molecule has 31 heteroatoms. The number of rotatable bonds is 19. The summed E-state index contributed by atoms with van der Waals surface area (Å²) in [6, 6.07) is 48.6. The van der Waals surface area contributed by atoms with Crippen LogP contribution in [-0.4, -0.2) is 164 Å². The second kappa shape index (κ2) is 31.4. The maximum atomic E-state index is 13.9. The van der Waals surface area contributed by atoms with Crippen LogP contribution in [0.15, 0.2) is 232 Å². The summed E-state index contributed by atoms with van der Waals surface area (Å²) < 4.78 is 100. The summed E-state index contributed by atoms with van der Waals surface area (Å²) in [7, 11) is -11.1. The van der Waals surface area contributed by atoms with Gasteiger partial charge in [0.05, 0.1) is 25.9 Å². The number of anilines is 6. The minimum absolute atomic E-state index is 0. The van der Waals surface area contributed by atoms with Crippen molar-refractivity contribution in [1.29, 1.82) is 0 Å². The molecule has 15 rings (SSSR count). The highest BCUT2D eigenvalue weighted by Gasteiger charge is 2.29. The predicted molar refractivity (Wildman–Crippen MR) is 406 cm³/mol. The summed E-state index contributed by atoms with van der Waals surface area (Å²) in [5.74, 6) is 0.0353. The SMILES string of the molecule is C[C@@H](C(=O)N1CCN(c2ccc(S(=O)(=O)Nc3nccs3)cc2)CC1)n1ccc2ccccc21.O=C(Cn1ccc2c(F)cccc21)N1CCN(c2ccc(S(=O)(=O)Nc3nccs3)cc2)CC1.O=S(=O)(Nc1ccncn1)c1ccc(N2CCN(Cc3csc(-c4ccccc4)n3)CC2)cc1.[HH].[HH].[HH]. The van der Waals surface area contributed by atoms with Crippen LogP contribution in [0.2, 0.25) is 0 Å². The highest BCUT2D eigenvalue weighted by molar-refractivity contribution is 7.93. The molecule has 1 atom stereocenters. The summed E-state index contributed by atoms with van der Waals surface area (Å²) >= 11 is 4.13. The number of carbonyl (C=O) groups is 2. The molecule has 3 saturated heterocycles. The minimum atomic E-state index is -3.70. The Bertz CT molecular complexity index is 5170. The van der Waals surface area contributed by atoms with Gasteiger partial charge >= 0.3 is 0 Å². The lowest BCUT2D eigenvalue weighted by Crippen LogP contribution is -2.50. The zero-order chi connectivity index (χ0) is 70.8. The number of thiazole rings is 3. The number of hydrogen-bond acceptors (Lipinski definition) is 20. The summed E-state index contributed by atoms with van der Waals surface area (Å²) in [5.41, 5.74) is 6.86. The number of aromatic nitrogens is 7. The van der Waals surface area contributed by atoms with Crippen LogP contribution in [0.5, 0.6) is 0 Å². The number of para-hydroxylation sites is 1. The van der Waals surface area contributed by atoms with Gasteiger partial charge in [0.2, 0.25) is 11.8 Å². The maximum Gasteiger partial charge on any atom is 0.263 e. The summed E-state index contributed by atoms with van der Waals surface area (Å²) in [4.78, 5) is 59.7. The molecule has 102 heavy (non-hydrogen) atoms. The van der Waals surface area contributed by atoms with Gasteiger partial charge in [-0.25, -0.2) is 54.6 Å². The van der Waals surface area contributed by atoms with Crippen LogP contribution in [0.25, 0.3) is 32.4 Å². The molecule has 3 aliphatic heterocycles. The van der Waals surface area contributed by atoms with E-state index in [-0.39, 0.29) is 55.0 Å². The van der Waals surface area contributed by atoms with Crippen LogP contribution in [0.3, 0.4) is 0 Å². The lowest BCUT2D eigenvalue weighted by atomic mass is 10.2. The van der Waals surface area contributed by atoms with Crippen LogP contribution in [0.4, 0.5) is 37.5 Å². The minimum Gasteiger partial charge on any atom is -0.369 e. The fraction of sp³-hybridized carbons (Fsp3) is 0.225. The molecular weight excluding hydrogens is 1420 g/mol. The second-order valence-corrected chi connectivity index (χ2v) is 31.8. The van der Waals surface area contributed by atoms with Gasteiger partial charge in [-0.2, -0.15) is 0 Å². The average Bonchev–Trinajstić information content (AvgIpc) is 1.77. The van der Waals surface area contributed by atoms with Gasteiger partial charge in [0, 0.05) is 170 Å². The summed E-state index contributed by atoms with van der Waals surface area (Å²) in [6.07, 6.45) is 9.60.